The number of nitrogens with zero attached hydrogens (tertiary/aromatic N) is 6. The predicted octanol–water partition coefficient (Wildman–Crippen LogP) is 5.47. The summed E-state index contributed by atoms with van der Waals surface area (Å²) in [6.07, 6.45) is 7.50. The minimum Gasteiger partial charge on any atom is -0.456 e. The third-order valence-electron chi connectivity index (χ3n) is 8.08. The molecule has 0 aliphatic carbocycles. The zero-order valence-electron chi connectivity index (χ0n) is 25.5. The fraction of sp³-hybridized carbons (Fsp3) is 0.613. The Labute approximate surface area is 243 Å². The molecule has 0 bridgehead atoms. The summed E-state index contributed by atoms with van der Waals surface area (Å²) in [6, 6.07) is 3.04. The summed E-state index contributed by atoms with van der Waals surface area (Å²) >= 11 is 0. The van der Waals surface area contributed by atoms with Gasteiger partial charge in [-0.05, 0) is 82.8 Å². The minimum atomic E-state index is -0.395. The van der Waals surface area contributed by atoms with E-state index >= 15 is 0 Å². The molecule has 10 heteroatoms. The number of piperazine rings is 1. The van der Waals surface area contributed by atoms with E-state index in [1.807, 2.05) is 26.8 Å². The molecule has 4 heterocycles. The molecule has 2 aromatic rings. The number of likely N-dealkylation sites (tertiary alicyclic amines) is 1. The molecular weight excluding hydrogens is 523 g/mol. The molecule has 0 amide bonds. The highest BCUT2D eigenvalue weighted by molar-refractivity contribution is 5.65. The molecule has 41 heavy (non-hydrogen) atoms. The maximum atomic E-state index is 14.6. The summed E-state index contributed by atoms with van der Waals surface area (Å²) in [4.78, 5) is 23.4. The van der Waals surface area contributed by atoms with Crippen LogP contribution < -0.4 is 4.90 Å². The number of allylic oxidation sites excluding steroid dienone is 3. The van der Waals surface area contributed by atoms with Crippen molar-refractivity contribution in [2.24, 2.45) is 0 Å². The number of piperidine rings is 1. The van der Waals surface area contributed by atoms with Gasteiger partial charge in [-0.3, -0.25) is 14.6 Å². The van der Waals surface area contributed by atoms with Gasteiger partial charge in [-0.25, -0.2) is 9.37 Å². The second kappa shape index (κ2) is 14.2. The molecule has 0 aromatic carbocycles. The number of hydrogen-bond donors (Lipinski definition) is 0. The number of ether oxygens (including phenoxy) is 1. The summed E-state index contributed by atoms with van der Waals surface area (Å²) in [5.74, 6) is 1.14. The molecule has 1 atom stereocenters. The van der Waals surface area contributed by atoms with Crippen molar-refractivity contribution in [3.05, 3.63) is 46.8 Å². The van der Waals surface area contributed by atoms with Crippen molar-refractivity contribution in [3.63, 3.8) is 0 Å². The molecule has 0 saturated carbocycles. The molecular formula is C31H45FN6O3. The Hall–Kier alpha value is -3.11. The number of carbonyl (C=O) groups excluding carboxylic acids is 1. The highest BCUT2D eigenvalue weighted by atomic mass is 19.1. The van der Waals surface area contributed by atoms with Gasteiger partial charge < -0.3 is 14.1 Å². The molecule has 0 N–H and O–H groups in total. The smallest absolute Gasteiger partial charge is 0.303 e. The first-order valence-corrected chi connectivity index (χ1v) is 14.9. The van der Waals surface area contributed by atoms with Gasteiger partial charge in [0, 0.05) is 51.4 Å². The van der Waals surface area contributed by atoms with Gasteiger partial charge >= 0.3 is 5.97 Å². The van der Waals surface area contributed by atoms with Crippen LogP contribution in [0.4, 0.5) is 10.2 Å². The number of aromatic nitrogens is 3. The van der Waals surface area contributed by atoms with Crippen LogP contribution >= 0.6 is 0 Å². The summed E-state index contributed by atoms with van der Waals surface area (Å²) < 4.78 is 25.2. The minimum absolute atomic E-state index is 0.0415. The van der Waals surface area contributed by atoms with Crippen molar-refractivity contribution < 1.29 is 18.3 Å². The third kappa shape index (κ3) is 8.01. The van der Waals surface area contributed by atoms with Gasteiger partial charge in [0.1, 0.15) is 11.6 Å². The van der Waals surface area contributed by atoms with Crippen LogP contribution in [0.25, 0.3) is 11.5 Å². The summed E-state index contributed by atoms with van der Waals surface area (Å²) in [7, 11) is 0. The number of carbonyl (C=O) groups is 1. The van der Waals surface area contributed by atoms with E-state index in [9.17, 15) is 9.18 Å². The highest BCUT2D eigenvalue weighted by Gasteiger charge is 2.34. The summed E-state index contributed by atoms with van der Waals surface area (Å²) in [5.41, 5.74) is 3.70. The SMILES string of the molecule is CC/C(CN1CCC(N2CCN(c3ncc(-c4nnc(COC(C)=O)o4)cc3C)CC2CC)CC1)=C(/F)C=C(C)C. The fourth-order valence-corrected chi connectivity index (χ4v) is 5.90. The van der Waals surface area contributed by atoms with Gasteiger partial charge in [-0.1, -0.05) is 19.4 Å². The molecule has 4 rings (SSSR count). The molecule has 224 valence electrons. The molecule has 1 unspecified atom stereocenters. The number of halogens is 1. The average Bonchev–Trinajstić information content (AvgIpc) is 3.43. The van der Waals surface area contributed by atoms with E-state index in [2.05, 4.69) is 38.7 Å². The Morgan fingerprint density at radius 2 is 1.90 bits per heavy atom. The second-order valence-corrected chi connectivity index (χ2v) is 11.4. The molecule has 2 aromatic heterocycles. The van der Waals surface area contributed by atoms with E-state index < -0.39 is 5.97 Å². The van der Waals surface area contributed by atoms with Crippen molar-refractivity contribution >= 4 is 11.8 Å². The van der Waals surface area contributed by atoms with Gasteiger partial charge in [0.15, 0.2) is 6.61 Å². The van der Waals surface area contributed by atoms with Crippen LogP contribution in [0, 0.1) is 6.92 Å². The maximum Gasteiger partial charge on any atom is 0.303 e. The zero-order chi connectivity index (χ0) is 29.5. The number of anilines is 1. The molecule has 2 aliphatic heterocycles. The van der Waals surface area contributed by atoms with Crippen LogP contribution in [-0.4, -0.2) is 82.3 Å². The molecule has 0 spiro atoms. The van der Waals surface area contributed by atoms with Crippen LogP contribution in [0.15, 0.2) is 39.7 Å². The number of esters is 1. The Morgan fingerprint density at radius 1 is 1.15 bits per heavy atom. The van der Waals surface area contributed by atoms with Crippen LogP contribution in [0.1, 0.15) is 71.8 Å². The van der Waals surface area contributed by atoms with Crippen molar-refractivity contribution in [2.75, 3.05) is 44.2 Å². The Morgan fingerprint density at radius 3 is 2.54 bits per heavy atom. The number of rotatable bonds is 10. The standard InChI is InChI=1S/C31H45FN6O3/c1-7-24(28(32)15-21(3)4)18-36-11-9-27(10-12-36)38-14-13-37(19-26(38)8-2)30-22(5)16-25(17-33-30)31-35-34-29(41-31)20-40-23(6)39/h15-17,26-27H,7-14,18-20H2,1-6H3/b28-24-. The first-order valence-electron chi connectivity index (χ1n) is 14.9. The van der Waals surface area contributed by atoms with Crippen molar-refractivity contribution in [3.8, 4) is 11.5 Å². The topological polar surface area (TPSA) is 87.8 Å². The normalized spacial score (nSPS) is 19.7. The van der Waals surface area contributed by atoms with Crippen LogP contribution in [0.5, 0.6) is 0 Å². The molecule has 2 fully saturated rings. The first-order chi connectivity index (χ1) is 19.7. The van der Waals surface area contributed by atoms with E-state index in [1.165, 1.54) is 6.92 Å². The monoisotopic (exact) mass is 568 g/mol. The fourth-order valence-electron chi connectivity index (χ4n) is 5.90. The maximum absolute atomic E-state index is 14.6. The lowest BCUT2D eigenvalue weighted by Crippen LogP contribution is -2.58. The van der Waals surface area contributed by atoms with Gasteiger partial charge in [0.2, 0.25) is 5.89 Å². The Bertz CT molecular complexity index is 1250. The van der Waals surface area contributed by atoms with Crippen LogP contribution in [-0.2, 0) is 16.1 Å². The van der Waals surface area contributed by atoms with Crippen molar-refractivity contribution in [1.82, 2.24) is 25.0 Å². The Kier molecular flexibility index (Phi) is 10.7. The largest absolute Gasteiger partial charge is 0.456 e. The van der Waals surface area contributed by atoms with Gasteiger partial charge in [0.05, 0.1) is 5.56 Å². The van der Waals surface area contributed by atoms with E-state index in [0.29, 0.717) is 18.0 Å². The van der Waals surface area contributed by atoms with Crippen LogP contribution in [0.2, 0.25) is 0 Å². The van der Waals surface area contributed by atoms with Crippen molar-refractivity contribution in [1.29, 1.82) is 0 Å². The lowest BCUT2D eigenvalue weighted by Gasteiger charge is -2.48. The number of pyridine rings is 1. The van der Waals surface area contributed by atoms with Gasteiger partial charge in [-0.15, -0.1) is 10.2 Å². The third-order valence-corrected chi connectivity index (χ3v) is 8.08. The molecule has 2 saturated heterocycles. The number of hydrogen-bond acceptors (Lipinski definition) is 9. The predicted molar refractivity (Wildman–Crippen MR) is 158 cm³/mol. The molecule has 0 radical (unpaired) electrons. The molecule has 9 nitrogen and oxygen atoms in total. The summed E-state index contributed by atoms with van der Waals surface area (Å²) in [6.45, 7) is 17.2. The quantitative estimate of drug-likeness (QED) is 0.274. The van der Waals surface area contributed by atoms with Gasteiger partial charge in [0.25, 0.3) is 5.89 Å². The average molecular weight is 569 g/mol. The Balaban J connectivity index is 1.34. The second-order valence-electron chi connectivity index (χ2n) is 11.4. The zero-order valence-corrected chi connectivity index (χ0v) is 25.5. The van der Waals surface area contributed by atoms with E-state index in [1.54, 1.807) is 12.3 Å². The van der Waals surface area contributed by atoms with Crippen LogP contribution in [0.3, 0.4) is 0 Å². The van der Waals surface area contributed by atoms with E-state index in [4.69, 9.17) is 14.1 Å². The van der Waals surface area contributed by atoms with Gasteiger partial charge in [-0.2, -0.15) is 0 Å². The number of aryl methyl sites for hydroxylation is 1. The lowest BCUT2D eigenvalue weighted by atomic mass is 9.97. The molecule has 2 aliphatic rings. The highest BCUT2D eigenvalue weighted by Crippen LogP contribution is 2.29. The summed E-state index contributed by atoms with van der Waals surface area (Å²) in [5, 5.41) is 8.04. The van der Waals surface area contributed by atoms with E-state index in [0.717, 1.165) is 93.0 Å². The first kappa shape index (κ1) is 30.8. The van der Waals surface area contributed by atoms with Crippen molar-refractivity contribution in [2.45, 2.75) is 85.9 Å². The van der Waals surface area contributed by atoms with E-state index in [-0.39, 0.29) is 18.3 Å². The lowest BCUT2D eigenvalue weighted by molar-refractivity contribution is -0.142.